The van der Waals surface area contributed by atoms with Crippen LogP contribution in [-0.2, 0) is 33.3 Å². The average molecular weight is 1190 g/mol. The number of unbranched alkanes of at least 4 members (excludes halogenated alkanes) is 31. The van der Waals surface area contributed by atoms with Gasteiger partial charge >= 0.3 is 11.9 Å². The van der Waals surface area contributed by atoms with Crippen molar-refractivity contribution in [1.82, 2.24) is 0 Å². The van der Waals surface area contributed by atoms with Crippen molar-refractivity contribution < 1.29 is 42.9 Å². The first-order valence-corrected chi connectivity index (χ1v) is 35.0. The number of nitrogens with zero attached hydrogens (tertiary/aromatic N) is 1. The van der Waals surface area contributed by atoms with E-state index in [9.17, 15) is 19.5 Å². The molecule has 0 aromatic rings. The number of hydrogen-bond acceptors (Lipinski definition) is 8. The molecule has 0 aromatic heterocycles. The topological polar surface area (TPSA) is 111 Å². The molecule has 0 aliphatic carbocycles. The molecule has 2 atom stereocenters. The molecule has 0 radical (unpaired) electrons. The van der Waals surface area contributed by atoms with Crippen molar-refractivity contribution >= 4 is 17.9 Å². The number of carboxylic acids is 1. The second-order valence-electron chi connectivity index (χ2n) is 24.4. The van der Waals surface area contributed by atoms with Gasteiger partial charge in [0.1, 0.15) is 13.2 Å². The Morgan fingerprint density at radius 2 is 0.671 bits per heavy atom. The van der Waals surface area contributed by atoms with Crippen molar-refractivity contribution in [3.8, 4) is 0 Å². The van der Waals surface area contributed by atoms with Gasteiger partial charge in [-0.1, -0.05) is 290 Å². The summed E-state index contributed by atoms with van der Waals surface area (Å²) in [6.07, 6.45) is 88.9. The largest absolute Gasteiger partial charge is 0.545 e. The van der Waals surface area contributed by atoms with E-state index in [-0.39, 0.29) is 38.6 Å². The van der Waals surface area contributed by atoms with Crippen LogP contribution in [0.1, 0.15) is 296 Å². The number of rotatable bonds is 64. The lowest BCUT2D eigenvalue weighted by Gasteiger charge is -2.26. The van der Waals surface area contributed by atoms with Gasteiger partial charge < -0.3 is 33.3 Å². The van der Waals surface area contributed by atoms with E-state index in [1.807, 2.05) is 21.1 Å². The summed E-state index contributed by atoms with van der Waals surface area (Å²) in [4.78, 5) is 37.5. The van der Waals surface area contributed by atoms with Crippen LogP contribution in [0.25, 0.3) is 0 Å². The smallest absolute Gasteiger partial charge is 0.306 e. The molecule has 85 heavy (non-hydrogen) atoms. The van der Waals surface area contributed by atoms with Crippen molar-refractivity contribution in [3.05, 3.63) is 109 Å². The molecule has 0 N–H and O–H groups in total. The number of hydrogen-bond donors (Lipinski definition) is 0. The van der Waals surface area contributed by atoms with Crippen LogP contribution in [0.15, 0.2) is 109 Å². The molecule has 0 aliphatic heterocycles. The Morgan fingerprint density at radius 1 is 0.365 bits per heavy atom. The van der Waals surface area contributed by atoms with E-state index in [0.29, 0.717) is 17.4 Å². The third-order valence-electron chi connectivity index (χ3n) is 15.0. The molecular weight excluding hydrogens is 1050 g/mol. The third-order valence-corrected chi connectivity index (χ3v) is 15.0. The van der Waals surface area contributed by atoms with Crippen LogP contribution in [0, 0.1) is 0 Å². The normalized spacial score (nSPS) is 13.4. The van der Waals surface area contributed by atoms with E-state index in [4.69, 9.17) is 18.9 Å². The monoisotopic (exact) mass is 1190 g/mol. The Hall–Kier alpha value is -4.05. The number of quaternary nitrogens is 1. The highest BCUT2D eigenvalue weighted by Crippen LogP contribution is 2.17. The van der Waals surface area contributed by atoms with Crippen molar-refractivity contribution in [3.63, 3.8) is 0 Å². The molecular formula is C76H131NO8. The molecule has 0 heterocycles. The summed E-state index contributed by atoms with van der Waals surface area (Å²) in [6.45, 7) is 4.62. The summed E-state index contributed by atoms with van der Waals surface area (Å²) in [5, 5.41) is 11.8. The molecule has 9 heteroatoms. The zero-order valence-corrected chi connectivity index (χ0v) is 55.7. The minimum absolute atomic E-state index is 0.138. The number of allylic oxidation sites excluding steroid dienone is 18. The van der Waals surface area contributed by atoms with Crippen LogP contribution in [0.3, 0.4) is 0 Å². The summed E-state index contributed by atoms with van der Waals surface area (Å²) in [5.41, 5.74) is 0. The molecule has 9 nitrogen and oxygen atoms in total. The van der Waals surface area contributed by atoms with Gasteiger partial charge in [0.2, 0.25) is 0 Å². The van der Waals surface area contributed by atoms with Crippen LogP contribution >= 0.6 is 0 Å². The number of likely N-dealkylation sites (N-methyl/N-ethyl adjacent to an activating group) is 1. The third kappa shape index (κ3) is 67.3. The van der Waals surface area contributed by atoms with Crippen LogP contribution in [0.2, 0.25) is 0 Å². The summed E-state index contributed by atoms with van der Waals surface area (Å²) in [6, 6.07) is 0. The highest BCUT2D eigenvalue weighted by molar-refractivity contribution is 5.70. The zero-order chi connectivity index (χ0) is 61.9. The van der Waals surface area contributed by atoms with Gasteiger partial charge in [0, 0.05) is 12.8 Å². The highest BCUT2D eigenvalue weighted by atomic mass is 16.7. The van der Waals surface area contributed by atoms with Gasteiger partial charge in [-0.25, -0.2) is 0 Å². The number of ether oxygens (including phenoxy) is 4. The van der Waals surface area contributed by atoms with E-state index in [1.54, 1.807) is 0 Å². The fraction of sp³-hybridized carbons (Fsp3) is 0.724. The minimum atomic E-state index is -1.64. The first kappa shape index (κ1) is 81.0. The van der Waals surface area contributed by atoms with Gasteiger partial charge in [-0.15, -0.1) is 0 Å². The number of carbonyl (C=O) groups excluding carboxylic acids is 3. The lowest BCUT2D eigenvalue weighted by atomic mass is 10.0. The van der Waals surface area contributed by atoms with E-state index in [2.05, 4.69) is 123 Å². The molecule has 0 aromatic carbocycles. The first-order chi connectivity index (χ1) is 41.6. The fourth-order valence-corrected chi connectivity index (χ4v) is 9.67. The van der Waals surface area contributed by atoms with Gasteiger partial charge in [-0.05, 0) is 103 Å². The number of carboxylic acid groups (broad SMARTS) is 1. The van der Waals surface area contributed by atoms with Crippen LogP contribution in [0.4, 0.5) is 0 Å². The Kier molecular flexibility index (Phi) is 62.8. The fourth-order valence-electron chi connectivity index (χ4n) is 9.67. The Labute approximate surface area is 524 Å². The minimum Gasteiger partial charge on any atom is -0.545 e. The van der Waals surface area contributed by atoms with Gasteiger partial charge in [-0.3, -0.25) is 9.59 Å². The van der Waals surface area contributed by atoms with E-state index < -0.39 is 24.3 Å². The van der Waals surface area contributed by atoms with E-state index in [0.717, 1.165) is 96.3 Å². The number of carbonyl (C=O) groups is 3. The quantitative estimate of drug-likeness (QED) is 0.0195. The van der Waals surface area contributed by atoms with E-state index in [1.165, 1.54) is 167 Å². The van der Waals surface area contributed by atoms with Crippen molar-refractivity contribution in [2.24, 2.45) is 0 Å². The molecule has 0 bridgehead atoms. The number of aliphatic carboxylic acids is 1. The van der Waals surface area contributed by atoms with Crippen LogP contribution in [0.5, 0.6) is 0 Å². The molecule has 0 amide bonds. The maximum absolute atomic E-state index is 12.9. The molecule has 0 spiro atoms. The second kappa shape index (κ2) is 65.9. The number of esters is 2. The van der Waals surface area contributed by atoms with Crippen LogP contribution in [-0.4, -0.2) is 82.3 Å². The molecule has 488 valence electrons. The van der Waals surface area contributed by atoms with Crippen molar-refractivity contribution in [1.29, 1.82) is 0 Å². The van der Waals surface area contributed by atoms with Crippen molar-refractivity contribution in [2.45, 2.75) is 309 Å². The predicted octanol–water partition coefficient (Wildman–Crippen LogP) is 20.5. The zero-order valence-electron chi connectivity index (χ0n) is 55.7. The molecule has 2 unspecified atom stereocenters. The maximum Gasteiger partial charge on any atom is 0.306 e. The predicted molar refractivity (Wildman–Crippen MR) is 361 cm³/mol. The maximum atomic E-state index is 12.9. The van der Waals surface area contributed by atoms with Gasteiger partial charge in [0.15, 0.2) is 12.4 Å². The average Bonchev–Trinajstić information content (AvgIpc) is 3.48. The lowest BCUT2D eigenvalue weighted by molar-refractivity contribution is -0.870. The Morgan fingerprint density at radius 3 is 1.01 bits per heavy atom. The summed E-state index contributed by atoms with van der Waals surface area (Å²) < 4.78 is 22.8. The highest BCUT2D eigenvalue weighted by Gasteiger charge is 2.22. The summed E-state index contributed by atoms with van der Waals surface area (Å²) >= 11 is 0. The first-order valence-electron chi connectivity index (χ1n) is 35.0. The Bertz CT molecular complexity index is 1760. The van der Waals surface area contributed by atoms with Crippen molar-refractivity contribution in [2.75, 3.05) is 47.5 Å². The van der Waals surface area contributed by atoms with Gasteiger partial charge in [0.05, 0.1) is 40.3 Å². The summed E-state index contributed by atoms with van der Waals surface area (Å²) in [7, 11) is 5.92. The standard InChI is InChI=1S/C76H131NO8/c1-6-8-10-12-14-16-18-20-22-24-26-28-30-32-34-36-37-39-40-42-44-46-48-50-52-54-56-58-60-62-64-66-73(78)83-70-72(71-84-76(75(80)81)82-69-68-77(3,4)5)85-74(79)67-65-63-61-59-57-55-53-51-49-47-45-43-41-38-35-33-31-29-27-25-23-21-19-17-15-13-11-9-7-2/h9,11,15,17,21,23-24,26-27,29,33,35,41,43,47,49,53,55,72,76H,6-8,10,12-14,16,18-20,22,25,28,30-32,34,36-40,42,44-46,48,50-52,54,56-71H2,1-5H3/b11-9-,17-15-,23-21-,26-24-,29-27-,35-33-,43-41-,49-47-,55-53-. The van der Waals surface area contributed by atoms with Gasteiger partial charge in [-0.2, -0.15) is 0 Å². The van der Waals surface area contributed by atoms with E-state index >= 15 is 0 Å². The van der Waals surface area contributed by atoms with Gasteiger partial charge in [0.25, 0.3) is 0 Å². The molecule has 0 saturated carbocycles. The second-order valence-corrected chi connectivity index (χ2v) is 24.4. The molecule has 0 rings (SSSR count). The van der Waals surface area contributed by atoms with Crippen LogP contribution < -0.4 is 5.11 Å². The summed E-state index contributed by atoms with van der Waals surface area (Å²) in [5.74, 6) is -2.32. The Balaban J connectivity index is 4.18. The lowest BCUT2D eigenvalue weighted by Crippen LogP contribution is -2.44. The molecule has 0 saturated heterocycles. The molecule has 0 fully saturated rings. The molecule has 0 aliphatic rings. The SMILES string of the molecule is CC/C=C\C/C=C\C/C=C\C/C=C\C/C=C\C/C=C\C/C=C\C/C=C\CCCCCCC(=O)OC(COC(=O)CCCCCCCCCCCCCCCCCCCCC/C=C\CCCCCCCCCC)COC(OCC[N+](C)(C)C)C(=O)[O-].